The summed E-state index contributed by atoms with van der Waals surface area (Å²) in [5.74, 6) is 0.655. The molecule has 3 aliphatic carbocycles. The van der Waals surface area contributed by atoms with Gasteiger partial charge in [-0.3, -0.25) is 0 Å². The maximum absolute atomic E-state index is 2.52. The van der Waals surface area contributed by atoms with Crippen LogP contribution in [0.5, 0.6) is 0 Å². The molecule has 0 amide bonds. The molecular weight excluding hydrogens is 809 g/mol. The predicted octanol–water partition coefficient (Wildman–Crippen LogP) is 17.8. The van der Waals surface area contributed by atoms with E-state index < -0.39 is 5.41 Å². The van der Waals surface area contributed by atoms with Crippen LogP contribution in [0.2, 0.25) is 0 Å². The van der Waals surface area contributed by atoms with Crippen LogP contribution in [0.4, 0.5) is 34.1 Å². The Morgan fingerprint density at radius 1 is 0.328 bits per heavy atom. The third-order valence-corrected chi connectivity index (χ3v) is 15.0. The zero-order valence-corrected chi connectivity index (χ0v) is 37.5. The monoisotopic (exact) mass is 858 g/mol. The standard InChI is InChI=1S/C65H50N2/c1-5-19-45(20-6-1)46-33-36-51(37-34-46)66(49-24-9-3-10-25-49)52-38-41-58-56-29-15-17-31-60(56)65(62(58)43-52)61-32-18-16-30-57(61)59-42-39-53(44-63(59)65)67(50-26-11-4-12-27-50)64-54-28-14-13-23-48(54)35-40-55(64)47-21-7-2-8-22-47/h2-4,7-18,21-45H,1,5-6,19-20H2. The number of anilines is 6. The number of rotatable bonds is 8. The Bertz CT molecular complexity index is 3430. The maximum Gasteiger partial charge on any atom is 0.0727 e. The highest BCUT2D eigenvalue weighted by Crippen LogP contribution is 2.64. The van der Waals surface area contributed by atoms with Gasteiger partial charge in [0.05, 0.1) is 11.1 Å². The van der Waals surface area contributed by atoms with Crippen LogP contribution < -0.4 is 9.80 Å². The van der Waals surface area contributed by atoms with Crippen LogP contribution >= 0.6 is 0 Å². The highest BCUT2D eigenvalue weighted by Gasteiger charge is 2.52. The molecule has 13 rings (SSSR count). The molecule has 0 radical (unpaired) electrons. The van der Waals surface area contributed by atoms with Gasteiger partial charge in [-0.25, -0.2) is 0 Å². The average Bonchev–Trinajstić information content (AvgIpc) is 3.87. The maximum atomic E-state index is 2.52. The Labute approximate surface area is 394 Å². The summed E-state index contributed by atoms with van der Waals surface area (Å²) in [5, 5.41) is 2.42. The van der Waals surface area contributed by atoms with E-state index in [1.54, 1.807) is 0 Å². The SMILES string of the molecule is c1ccc(-c2ccc3ccccc3c2N(c2ccccc2)c2ccc3c(c2)C2(c4ccccc4-c4ccc(N(c5ccccc5)c5ccc(C6CCCCC6)cc5)cc42)c2ccccc2-3)cc1. The average molecular weight is 859 g/mol. The van der Waals surface area contributed by atoms with E-state index >= 15 is 0 Å². The van der Waals surface area contributed by atoms with Gasteiger partial charge in [-0.1, -0.05) is 195 Å². The van der Waals surface area contributed by atoms with E-state index in [1.165, 1.54) is 115 Å². The van der Waals surface area contributed by atoms with E-state index in [0.717, 1.165) is 22.7 Å². The van der Waals surface area contributed by atoms with Crippen molar-refractivity contribution in [1.82, 2.24) is 0 Å². The lowest BCUT2D eigenvalue weighted by atomic mass is 9.70. The molecule has 3 aliphatic rings. The second-order valence-corrected chi connectivity index (χ2v) is 18.6. The second-order valence-electron chi connectivity index (χ2n) is 18.6. The fourth-order valence-corrected chi connectivity index (χ4v) is 12.1. The lowest BCUT2D eigenvalue weighted by Gasteiger charge is -2.34. The van der Waals surface area contributed by atoms with Crippen molar-refractivity contribution < 1.29 is 0 Å². The molecular formula is C65H50N2. The van der Waals surface area contributed by atoms with Gasteiger partial charge < -0.3 is 9.80 Å². The molecule has 1 fully saturated rings. The van der Waals surface area contributed by atoms with E-state index in [0.29, 0.717) is 5.92 Å². The minimum Gasteiger partial charge on any atom is -0.310 e. The van der Waals surface area contributed by atoms with Gasteiger partial charge in [0.1, 0.15) is 0 Å². The molecule has 0 aromatic heterocycles. The summed E-state index contributed by atoms with van der Waals surface area (Å²) in [6.07, 6.45) is 6.61. The molecule has 1 atom stereocenters. The normalized spacial score (nSPS) is 15.8. The Hall–Kier alpha value is -7.94. The predicted molar refractivity (Wildman–Crippen MR) is 281 cm³/mol. The molecule has 1 saturated carbocycles. The van der Waals surface area contributed by atoms with E-state index in [-0.39, 0.29) is 0 Å². The number of benzene rings is 10. The fraction of sp³-hybridized carbons (Fsp3) is 0.108. The van der Waals surface area contributed by atoms with Crippen molar-refractivity contribution in [1.29, 1.82) is 0 Å². The summed E-state index contributed by atoms with van der Waals surface area (Å²) in [6, 6.07) is 88.5. The van der Waals surface area contributed by atoms with Crippen molar-refractivity contribution in [3.8, 4) is 33.4 Å². The number of hydrogen-bond acceptors (Lipinski definition) is 2. The van der Waals surface area contributed by atoms with Crippen LogP contribution in [0.3, 0.4) is 0 Å². The summed E-state index contributed by atoms with van der Waals surface area (Å²) >= 11 is 0. The molecule has 0 saturated heterocycles. The van der Waals surface area contributed by atoms with E-state index in [1.807, 2.05) is 0 Å². The molecule has 1 unspecified atom stereocenters. The topological polar surface area (TPSA) is 6.48 Å². The highest BCUT2D eigenvalue weighted by molar-refractivity contribution is 6.07. The molecule has 320 valence electrons. The Morgan fingerprint density at radius 2 is 0.791 bits per heavy atom. The van der Waals surface area contributed by atoms with Crippen molar-refractivity contribution in [3.63, 3.8) is 0 Å². The van der Waals surface area contributed by atoms with Gasteiger partial charge in [-0.2, -0.15) is 0 Å². The molecule has 1 spiro atoms. The third kappa shape index (κ3) is 6.31. The first kappa shape index (κ1) is 39.4. The zero-order valence-electron chi connectivity index (χ0n) is 37.5. The van der Waals surface area contributed by atoms with Gasteiger partial charge in [0.2, 0.25) is 0 Å². The Morgan fingerprint density at radius 3 is 1.42 bits per heavy atom. The van der Waals surface area contributed by atoms with Gasteiger partial charge in [0.25, 0.3) is 0 Å². The summed E-state index contributed by atoms with van der Waals surface area (Å²) in [7, 11) is 0. The smallest absolute Gasteiger partial charge is 0.0727 e. The minimum absolute atomic E-state index is 0.569. The molecule has 0 aliphatic heterocycles. The van der Waals surface area contributed by atoms with E-state index in [4.69, 9.17) is 0 Å². The second kappa shape index (κ2) is 16.2. The lowest BCUT2D eigenvalue weighted by Crippen LogP contribution is -2.26. The molecule has 10 aromatic carbocycles. The van der Waals surface area contributed by atoms with Crippen molar-refractivity contribution in [2.45, 2.75) is 43.4 Å². The Balaban J connectivity index is 1.05. The zero-order chi connectivity index (χ0) is 44.3. The van der Waals surface area contributed by atoms with Crippen LogP contribution in [0.25, 0.3) is 44.2 Å². The van der Waals surface area contributed by atoms with E-state index in [2.05, 4.69) is 246 Å². The largest absolute Gasteiger partial charge is 0.310 e. The van der Waals surface area contributed by atoms with E-state index in [9.17, 15) is 0 Å². The van der Waals surface area contributed by atoms with Gasteiger partial charge in [-0.15, -0.1) is 0 Å². The molecule has 2 heteroatoms. The summed E-state index contributed by atoms with van der Waals surface area (Å²) in [5.41, 5.74) is 20.6. The summed E-state index contributed by atoms with van der Waals surface area (Å²) < 4.78 is 0. The Kier molecular flexibility index (Phi) is 9.53. The van der Waals surface area contributed by atoms with Crippen molar-refractivity contribution in [2.75, 3.05) is 9.80 Å². The lowest BCUT2D eigenvalue weighted by molar-refractivity contribution is 0.443. The number of nitrogens with zero attached hydrogens (tertiary/aromatic N) is 2. The molecule has 0 N–H and O–H groups in total. The molecule has 0 heterocycles. The van der Waals surface area contributed by atoms with Crippen molar-refractivity contribution in [2.24, 2.45) is 0 Å². The van der Waals surface area contributed by atoms with Crippen molar-refractivity contribution in [3.05, 3.63) is 264 Å². The quantitative estimate of drug-likeness (QED) is 0.150. The molecule has 67 heavy (non-hydrogen) atoms. The first-order chi connectivity index (χ1) is 33.3. The van der Waals surface area contributed by atoms with Gasteiger partial charge in [-0.05, 0) is 140 Å². The van der Waals surface area contributed by atoms with Crippen LogP contribution in [-0.2, 0) is 5.41 Å². The first-order valence-corrected chi connectivity index (χ1v) is 24.1. The fourth-order valence-electron chi connectivity index (χ4n) is 12.1. The number of fused-ring (bicyclic) bond motifs is 11. The van der Waals surface area contributed by atoms with Gasteiger partial charge >= 0.3 is 0 Å². The summed E-state index contributed by atoms with van der Waals surface area (Å²) in [6.45, 7) is 0. The number of hydrogen-bond donors (Lipinski definition) is 0. The molecule has 10 aromatic rings. The highest BCUT2D eigenvalue weighted by atomic mass is 15.2. The van der Waals surface area contributed by atoms with Crippen LogP contribution in [0.1, 0.15) is 65.8 Å². The summed E-state index contributed by atoms with van der Waals surface area (Å²) in [4.78, 5) is 4.97. The number of para-hydroxylation sites is 2. The van der Waals surface area contributed by atoms with Crippen LogP contribution in [0.15, 0.2) is 237 Å². The van der Waals surface area contributed by atoms with Gasteiger partial charge in [0, 0.05) is 39.4 Å². The molecule has 0 bridgehead atoms. The molecule has 2 nitrogen and oxygen atoms in total. The van der Waals surface area contributed by atoms with Gasteiger partial charge in [0.15, 0.2) is 0 Å². The van der Waals surface area contributed by atoms with Crippen LogP contribution in [0, 0.1) is 0 Å². The van der Waals surface area contributed by atoms with Crippen LogP contribution in [-0.4, -0.2) is 0 Å². The van der Waals surface area contributed by atoms with Crippen molar-refractivity contribution >= 4 is 44.9 Å². The minimum atomic E-state index is -0.569. The third-order valence-electron chi connectivity index (χ3n) is 15.0. The first-order valence-electron chi connectivity index (χ1n) is 24.1.